The third-order valence-electron chi connectivity index (χ3n) is 2.55. The van der Waals surface area contributed by atoms with E-state index in [1.807, 2.05) is 19.1 Å². The molecule has 0 radical (unpaired) electrons. The molecule has 2 N–H and O–H groups in total. The predicted octanol–water partition coefficient (Wildman–Crippen LogP) is 1.69. The van der Waals surface area contributed by atoms with Crippen LogP contribution in [0.1, 0.15) is 12.5 Å². The summed E-state index contributed by atoms with van der Waals surface area (Å²) >= 11 is 0. The molecule has 2 heterocycles. The van der Waals surface area contributed by atoms with Crippen LogP contribution >= 0.6 is 0 Å². The van der Waals surface area contributed by atoms with Crippen LogP contribution in [-0.4, -0.2) is 22.1 Å². The number of anilines is 1. The maximum atomic E-state index is 5.84. The Morgan fingerprint density at radius 2 is 2.12 bits per heavy atom. The number of methoxy groups -OCH3 is 1. The fraction of sp³-hybridized carbons (Fsp3) is 0.250. The summed E-state index contributed by atoms with van der Waals surface area (Å²) in [5.74, 6) is 1.08. The molecule has 0 aliphatic rings. The largest absolute Gasteiger partial charge is 0.481 e. The van der Waals surface area contributed by atoms with Crippen LogP contribution < -0.4 is 10.5 Å². The van der Waals surface area contributed by atoms with E-state index in [0.717, 1.165) is 23.2 Å². The van der Waals surface area contributed by atoms with Crippen LogP contribution in [0.15, 0.2) is 24.7 Å². The third-order valence-corrected chi connectivity index (χ3v) is 2.55. The lowest BCUT2D eigenvalue weighted by Gasteiger charge is -2.09. The number of nitrogens with two attached hydrogens (primary N) is 1. The van der Waals surface area contributed by atoms with Gasteiger partial charge in [-0.25, -0.2) is 15.0 Å². The molecule has 0 spiro atoms. The van der Waals surface area contributed by atoms with Crippen LogP contribution in [0, 0.1) is 0 Å². The van der Waals surface area contributed by atoms with Crippen molar-refractivity contribution in [3.05, 3.63) is 30.2 Å². The Morgan fingerprint density at radius 3 is 2.82 bits per heavy atom. The van der Waals surface area contributed by atoms with Crippen LogP contribution in [0.25, 0.3) is 11.3 Å². The number of hydrogen-bond donors (Lipinski definition) is 1. The highest BCUT2D eigenvalue weighted by Crippen LogP contribution is 2.26. The van der Waals surface area contributed by atoms with Crippen molar-refractivity contribution in [1.82, 2.24) is 15.0 Å². The summed E-state index contributed by atoms with van der Waals surface area (Å²) in [6, 6.07) is 3.71. The van der Waals surface area contributed by atoms with Crippen LogP contribution in [0.4, 0.5) is 5.82 Å². The average molecular weight is 230 g/mol. The standard InChI is InChI=1S/C12H14N4O/c1-3-9-11(15-7-16-12(9)13)8-4-5-14-10(6-8)17-2/h4-7H,3H2,1-2H3,(H2,13,15,16). The van der Waals surface area contributed by atoms with E-state index in [1.54, 1.807) is 13.3 Å². The zero-order valence-corrected chi connectivity index (χ0v) is 9.84. The van der Waals surface area contributed by atoms with Crippen molar-refractivity contribution >= 4 is 5.82 Å². The number of nitrogen functional groups attached to an aromatic ring is 1. The number of nitrogens with zero attached hydrogens (tertiary/aromatic N) is 3. The zero-order chi connectivity index (χ0) is 12.3. The lowest BCUT2D eigenvalue weighted by Crippen LogP contribution is -2.01. The topological polar surface area (TPSA) is 73.9 Å². The van der Waals surface area contributed by atoms with Gasteiger partial charge >= 0.3 is 0 Å². The molecule has 2 rings (SSSR count). The van der Waals surface area contributed by atoms with Crippen molar-refractivity contribution in [2.45, 2.75) is 13.3 Å². The van der Waals surface area contributed by atoms with Gasteiger partial charge in [0, 0.05) is 23.4 Å². The van der Waals surface area contributed by atoms with Crippen LogP contribution in [0.3, 0.4) is 0 Å². The van der Waals surface area contributed by atoms with Crippen molar-refractivity contribution in [1.29, 1.82) is 0 Å². The second kappa shape index (κ2) is 4.78. The smallest absolute Gasteiger partial charge is 0.213 e. The maximum Gasteiger partial charge on any atom is 0.213 e. The van der Waals surface area contributed by atoms with Crippen molar-refractivity contribution in [2.75, 3.05) is 12.8 Å². The van der Waals surface area contributed by atoms with Crippen molar-refractivity contribution in [3.63, 3.8) is 0 Å². The zero-order valence-electron chi connectivity index (χ0n) is 9.84. The maximum absolute atomic E-state index is 5.84. The molecule has 0 aliphatic heterocycles. The summed E-state index contributed by atoms with van der Waals surface area (Å²) in [5, 5.41) is 0. The fourth-order valence-corrected chi connectivity index (χ4v) is 1.69. The normalized spacial score (nSPS) is 10.2. The van der Waals surface area contributed by atoms with E-state index in [9.17, 15) is 0 Å². The van der Waals surface area contributed by atoms with E-state index in [2.05, 4.69) is 15.0 Å². The van der Waals surface area contributed by atoms with E-state index >= 15 is 0 Å². The van der Waals surface area contributed by atoms with Crippen LogP contribution in [0.5, 0.6) is 5.88 Å². The lowest BCUT2D eigenvalue weighted by molar-refractivity contribution is 0.398. The second-order valence-corrected chi connectivity index (χ2v) is 3.53. The van der Waals surface area contributed by atoms with Gasteiger partial charge in [0.25, 0.3) is 0 Å². The first kappa shape index (κ1) is 11.3. The van der Waals surface area contributed by atoms with Gasteiger partial charge in [0.05, 0.1) is 12.8 Å². The Balaban J connectivity index is 2.55. The summed E-state index contributed by atoms with van der Waals surface area (Å²) < 4.78 is 5.09. The molecule has 88 valence electrons. The van der Waals surface area contributed by atoms with Gasteiger partial charge < -0.3 is 10.5 Å². The highest BCUT2D eigenvalue weighted by molar-refractivity contribution is 5.67. The van der Waals surface area contributed by atoms with E-state index in [4.69, 9.17) is 10.5 Å². The molecule has 5 nitrogen and oxygen atoms in total. The molecule has 2 aromatic rings. The molecule has 0 aliphatic carbocycles. The molecule has 2 aromatic heterocycles. The Kier molecular flexibility index (Phi) is 3.18. The van der Waals surface area contributed by atoms with E-state index in [0.29, 0.717) is 11.7 Å². The molecule has 0 amide bonds. The quantitative estimate of drug-likeness (QED) is 0.868. The monoisotopic (exact) mass is 230 g/mol. The highest BCUT2D eigenvalue weighted by Gasteiger charge is 2.10. The first-order valence-electron chi connectivity index (χ1n) is 5.36. The molecule has 0 saturated heterocycles. The summed E-state index contributed by atoms with van der Waals surface area (Å²) in [7, 11) is 1.58. The summed E-state index contributed by atoms with van der Waals surface area (Å²) in [6.07, 6.45) is 3.94. The molecular formula is C12H14N4O. The summed E-state index contributed by atoms with van der Waals surface area (Å²) in [6.45, 7) is 2.02. The number of hydrogen-bond acceptors (Lipinski definition) is 5. The Hall–Kier alpha value is -2.17. The third kappa shape index (κ3) is 2.18. The van der Waals surface area contributed by atoms with Gasteiger partial charge in [-0.1, -0.05) is 6.92 Å². The second-order valence-electron chi connectivity index (χ2n) is 3.53. The number of rotatable bonds is 3. The van der Waals surface area contributed by atoms with Crippen molar-refractivity contribution in [3.8, 4) is 17.1 Å². The molecule has 0 aromatic carbocycles. The van der Waals surface area contributed by atoms with Gasteiger partial charge in [0.1, 0.15) is 12.1 Å². The predicted molar refractivity (Wildman–Crippen MR) is 65.6 cm³/mol. The van der Waals surface area contributed by atoms with Crippen LogP contribution in [0.2, 0.25) is 0 Å². The lowest BCUT2D eigenvalue weighted by atomic mass is 10.1. The first-order chi connectivity index (χ1) is 8.26. The Bertz CT molecular complexity index is 528. The Morgan fingerprint density at radius 1 is 1.29 bits per heavy atom. The molecule has 17 heavy (non-hydrogen) atoms. The summed E-state index contributed by atoms with van der Waals surface area (Å²) in [4.78, 5) is 12.3. The number of ether oxygens (including phenoxy) is 1. The number of aromatic nitrogens is 3. The minimum atomic E-state index is 0.522. The fourth-order valence-electron chi connectivity index (χ4n) is 1.69. The van der Waals surface area contributed by atoms with Gasteiger partial charge in [-0.05, 0) is 12.5 Å². The average Bonchev–Trinajstić information content (AvgIpc) is 2.38. The highest BCUT2D eigenvalue weighted by atomic mass is 16.5. The minimum Gasteiger partial charge on any atom is -0.481 e. The van der Waals surface area contributed by atoms with E-state index < -0.39 is 0 Å². The molecule has 5 heteroatoms. The molecule has 0 saturated carbocycles. The van der Waals surface area contributed by atoms with Crippen molar-refractivity contribution in [2.24, 2.45) is 0 Å². The molecule has 0 atom stereocenters. The van der Waals surface area contributed by atoms with Gasteiger partial charge in [-0.2, -0.15) is 0 Å². The number of pyridine rings is 1. The van der Waals surface area contributed by atoms with Gasteiger partial charge in [-0.15, -0.1) is 0 Å². The van der Waals surface area contributed by atoms with Gasteiger partial charge in [0.2, 0.25) is 5.88 Å². The van der Waals surface area contributed by atoms with E-state index in [-0.39, 0.29) is 0 Å². The molecule has 0 fully saturated rings. The van der Waals surface area contributed by atoms with E-state index in [1.165, 1.54) is 6.33 Å². The van der Waals surface area contributed by atoms with Gasteiger partial charge in [-0.3, -0.25) is 0 Å². The SMILES string of the molecule is CCc1c(N)ncnc1-c1ccnc(OC)c1. The summed E-state index contributed by atoms with van der Waals surface area (Å²) in [5.41, 5.74) is 8.55. The Labute approximate surface area is 99.7 Å². The van der Waals surface area contributed by atoms with Crippen molar-refractivity contribution < 1.29 is 4.74 Å². The first-order valence-corrected chi connectivity index (χ1v) is 5.36. The minimum absolute atomic E-state index is 0.522. The van der Waals surface area contributed by atoms with Gasteiger partial charge in [0.15, 0.2) is 0 Å². The molecular weight excluding hydrogens is 216 g/mol. The molecule has 0 bridgehead atoms. The van der Waals surface area contributed by atoms with Crippen LogP contribution in [-0.2, 0) is 6.42 Å². The molecule has 0 unspecified atom stereocenters.